The Morgan fingerprint density at radius 2 is 1.90 bits per heavy atom. The third kappa shape index (κ3) is 4.09. The van der Waals surface area contributed by atoms with E-state index < -0.39 is 0 Å². The third-order valence-corrected chi connectivity index (χ3v) is 5.67. The Kier molecular flexibility index (Phi) is 5.48. The van der Waals surface area contributed by atoms with Crippen LogP contribution in [0.5, 0.6) is 0 Å². The summed E-state index contributed by atoms with van der Waals surface area (Å²) in [4.78, 5) is 34.8. The molecule has 0 fully saturated rings. The minimum absolute atomic E-state index is 0.0181. The van der Waals surface area contributed by atoms with Gasteiger partial charge in [-0.25, -0.2) is 4.98 Å². The topological polar surface area (TPSA) is 75.2 Å². The molecule has 3 aromatic rings. The Bertz CT molecular complexity index is 1030. The predicted octanol–water partition coefficient (Wildman–Crippen LogP) is 3.38. The van der Waals surface area contributed by atoms with E-state index in [4.69, 9.17) is 0 Å². The number of amides is 2. The van der Waals surface area contributed by atoms with Gasteiger partial charge >= 0.3 is 0 Å². The van der Waals surface area contributed by atoms with Gasteiger partial charge in [-0.3, -0.25) is 19.5 Å². The second-order valence-electron chi connectivity index (χ2n) is 6.70. The van der Waals surface area contributed by atoms with Gasteiger partial charge < -0.3 is 5.32 Å². The largest absolute Gasteiger partial charge is 0.355 e. The molecule has 0 atom stereocenters. The van der Waals surface area contributed by atoms with E-state index in [1.165, 1.54) is 4.90 Å². The van der Waals surface area contributed by atoms with Gasteiger partial charge in [-0.15, -0.1) is 11.3 Å². The highest BCUT2D eigenvalue weighted by Gasteiger charge is 2.31. The Morgan fingerprint density at radius 1 is 1.14 bits per heavy atom. The van der Waals surface area contributed by atoms with Crippen LogP contribution in [0.25, 0.3) is 17.0 Å². The van der Waals surface area contributed by atoms with E-state index in [0.717, 1.165) is 34.7 Å². The molecule has 0 radical (unpaired) electrons. The maximum atomic E-state index is 12.5. The summed E-state index contributed by atoms with van der Waals surface area (Å²) >= 11 is 1.61. The van der Waals surface area contributed by atoms with E-state index in [1.54, 1.807) is 29.8 Å². The highest BCUT2D eigenvalue weighted by atomic mass is 32.1. The molecular formula is C22H20N4O2S. The molecule has 29 heavy (non-hydrogen) atoms. The summed E-state index contributed by atoms with van der Waals surface area (Å²) in [5.74, 6) is -0.365. The van der Waals surface area contributed by atoms with E-state index in [9.17, 15) is 9.59 Å². The van der Waals surface area contributed by atoms with Crippen LogP contribution in [0.2, 0.25) is 0 Å². The van der Waals surface area contributed by atoms with Crippen molar-refractivity contribution in [3.05, 3.63) is 76.9 Å². The number of thiazole rings is 1. The van der Waals surface area contributed by atoms with E-state index >= 15 is 0 Å². The number of carbonyl (C=O) groups is 2. The maximum Gasteiger partial charge on any atom is 0.259 e. The first kappa shape index (κ1) is 19.0. The Morgan fingerprint density at radius 3 is 2.66 bits per heavy atom. The van der Waals surface area contributed by atoms with Crippen molar-refractivity contribution in [2.24, 2.45) is 0 Å². The van der Waals surface area contributed by atoms with Gasteiger partial charge in [-0.2, -0.15) is 0 Å². The van der Waals surface area contributed by atoms with Crippen LogP contribution in [0.4, 0.5) is 0 Å². The quantitative estimate of drug-likeness (QED) is 0.613. The molecule has 2 amide bonds. The van der Waals surface area contributed by atoms with Gasteiger partial charge in [0.25, 0.3) is 5.91 Å². The second-order valence-corrected chi connectivity index (χ2v) is 7.64. The lowest BCUT2D eigenvalue weighted by Gasteiger charge is -2.16. The zero-order chi connectivity index (χ0) is 20.2. The van der Waals surface area contributed by atoms with Crippen molar-refractivity contribution in [1.82, 2.24) is 20.2 Å². The minimum Gasteiger partial charge on any atom is -0.355 e. The van der Waals surface area contributed by atoms with Gasteiger partial charge in [-0.1, -0.05) is 24.8 Å². The Hall–Kier alpha value is -3.32. The molecule has 0 bridgehead atoms. The van der Waals surface area contributed by atoms with E-state index in [-0.39, 0.29) is 18.4 Å². The van der Waals surface area contributed by atoms with Gasteiger partial charge in [0.05, 0.1) is 10.7 Å². The molecule has 0 aliphatic carbocycles. The molecule has 2 aromatic heterocycles. The lowest BCUT2D eigenvalue weighted by molar-refractivity contribution is -0.121. The first-order valence-electron chi connectivity index (χ1n) is 9.35. The SMILES string of the molecule is C=C1c2ccccc2C(=O)N1CC(=O)NCCCc1nc(-c2ccncc2)cs1. The number of hydrogen-bond acceptors (Lipinski definition) is 5. The zero-order valence-electron chi connectivity index (χ0n) is 15.8. The number of nitrogens with zero attached hydrogens (tertiary/aromatic N) is 3. The summed E-state index contributed by atoms with van der Waals surface area (Å²) in [6.45, 7) is 4.47. The van der Waals surface area contributed by atoms with Crippen LogP contribution in [0.15, 0.2) is 60.8 Å². The molecule has 0 unspecified atom stereocenters. The van der Waals surface area contributed by atoms with Crippen LogP contribution < -0.4 is 5.32 Å². The number of pyridine rings is 1. The molecule has 1 aliphatic heterocycles. The van der Waals surface area contributed by atoms with Crippen LogP contribution in [-0.4, -0.2) is 39.8 Å². The van der Waals surface area contributed by atoms with E-state index in [2.05, 4.69) is 21.9 Å². The summed E-state index contributed by atoms with van der Waals surface area (Å²) in [5, 5.41) is 5.95. The van der Waals surface area contributed by atoms with Crippen LogP contribution in [0.3, 0.4) is 0 Å². The highest BCUT2D eigenvalue weighted by Crippen LogP contribution is 2.30. The van der Waals surface area contributed by atoms with E-state index in [0.29, 0.717) is 17.8 Å². The van der Waals surface area contributed by atoms with Crippen LogP contribution in [0, 0.1) is 0 Å². The molecule has 1 aromatic carbocycles. The maximum absolute atomic E-state index is 12.5. The fourth-order valence-electron chi connectivity index (χ4n) is 3.25. The molecule has 7 heteroatoms. The van der Waals surface area contributed by atoms with Crippen molar-refractivity contribution in [3.8, 4) is 11.3 Å². The lowest BCUT2D eigenvalue weighted by atomic mass is 10.1. The molecule has 0 saturated heterocycles. The smallest absolute Gasteiger partial charge is 0.259 e. The predicted molar refractivity (Wildman–Crippen MR) is 113 cm³/mol. The summed E-state index contributed by atoms with van der Waals surface area (Å²) in [6, 6.07) is 11.2. The Balaban J connectivity index is 1.24. The molecule has 1 N–H and O–H groups in total. The van der Waals surface area contributed by atoms with Gasteiger partial charge in [0.2, 0.25) is 5.91 Å². The number of aromatic nitrogens is 2. The van der Waals surface area contributed by atoms with Crippen molar-refractivity contribution in [2.45, 2.75) is 12.8 Å². The van der Waals surface area contributed by atoms with Crippen molar-refractivity contribution >= 4 is 28.8 Å². The number of hydrogen-bond donors (Lipinski definition) is 1. The molecule has 1 aliphatic rings. The first-order valence-corrected chi connectivity index (χ1v) is 10.2. The van der Waals surface area contributed by atoms with Gasteiger partial charge in [0.15, 0.2) is 0 Å². The second kappa shape index (κ2) is 8.36. The van der Waals surface area contributed by atoms with Gasteiger partial charge in [0, 0.05) is 53.1 Å². The standard InChI is InChI=1S/C22H20N4O2S/c1-15-17-5-2-3-6-18(17)22(28)26(15)13-20(27)24-10-4-7-21-25-19(14-29-21)16-8-11-23-12-9-16/h2-3,5-6,8-9,11-12,14H,1,4,7,10,13H2,(H,24,27). The van der Waals surface area contributed by atoms with Crippen molar-refractivity contribution < 1.29 is 9.59 Å². The summed E-state index contributed by atoms with van der Waals surface area (Å²) in [5.41, 5.74) is 3.96. The molecule has 0 saturated carbocycles. The zero-order valence-corrected chi connectivity index (χ0v) is 16.6. The van der Waals surface area contributed by atoms with Crippen molar-refractivity contribution in [2.75, 3.05) is 13.1 Å². The van der Waals surface area contributed by atoms with Crippen molar-refractivity contribution in [3.63, 3.8) is 0 Å². The van der Waals surface area contributed by atoms with Gasteiger partial charge in [-0.05, 0) is 24.6 Å². The summed E-state index contributed by atoms with van der Waals surface area (Å²) in [6.07, 6.45) is 5.07. The van der Waals surface area contributed by atoms with Crippen LogP contribution in [-0.2, 0) is 11.2 Å². The molecule has 4 rings (SSSR count). The monoisotopic (exact) mass is 404 g/mol. The number of rotatable bonds is 7. The van der Waals surface area contributed by atoms with Gasteiger partial charge in [0.1, 0.15) is 6.54 Å². The van der Waals surface area contributed by atoms with Crippen molar-refractivity contribution in [1.29, 1.82) is 0 Å². The highest BCUT2D eigenvalue weighted by molar-refractivity contribution is 7.09. The summed E-state index contributed by atoms with van der Waals surface area (Å²) < 4.78 is 0. The first-order chi connectivity index (χ1) is 14.1. The van der Waals surface area contributed by atoms with Crippen LogP contribution >= 0.6 is 11.3 Å². The number of nitrogens with one attached hydrogen (secondary N) is 1. The third-order valence-electron chi connectivity index (χ3n) is 4.76. The average molecular weight is 404 g/mol. The number of benzene rings is 1. The normalized spacial score (nSPS) is 12.9. The van der Waals surface area contributed by atoms with E-state index in [1.807, 2.05) is 35.7 Å². The summed E-state index contributed by atoms with van der Waals surface area (Å²) in [7, 11) is 0. The fraction of sp³-hybridized carbons (Fsp3) is 0.182. The minimum atomic E-state index is -0.191. The van der Waals surface area contributed by atoms with Crippen LogP contribution in [0.1, 0.15) is 27.3 Å². The number of aryl methyl sites for hydroxylation is 1. The lowest BCUT2D eigenvalue weighted by Crippen LogP contribution is -2.37. The number of carbonyl (C=O) groups excluding carboxylic acids is 2. The molecular weight excluding hydrogens is 384 g/mol. The molecule has 6 nitrogen and oxygen atoms in total. The molecule has 0 spiro atoms. The number of fused-ring (bicyclic) bond motifs is 1. The molecule has 146 valence electrons. The molecule has 3 heterocycles. The Labute approximate surface area is 172 Å². The fourth-order valence-corrected chi connectivity index (χ4v) is 4.10. The average Bonchev–Trinajstić information content (AvgIpc) is 3.32.